The molecule has 3 N–H and O–H groups in total. The summed E-state index contributed by atoms with van der Waals surface area (Å²) >= 11 is 0. The van der Waals surface area contributed by atoms with Gasteiger partial charge in [0.25, 0.3) is 0 Å². The Balaban J connectivity index is 1.81. The number of hydrogen-bond acceptors (Lipinski definition) is 4. The molecule has 4 nitrogen and oxygen atoms in total. The second-order valence-electron chi connectivity index (χ2n) is 5.03. The van der Waals surface area contributed by atoms with Crippen LogP contribution in [0.1, 0.15) is 29.2 Å². The van der Waals surface area contributed by atoms with Crippen LogP contribution in [0.3, 0.4) is 0 Å². The van der Waals surface area contributed by atoms with Gasteiger partial charge in [0.2, 0.25) is 0 Å². The lowest BCUT2D eigenvalue weighted by molar-refractivity contribution is 0.429. The Morgan fingerprint density at radius 3 is 2.89 bits per heavy atom. The average Bonchev–Trinajstić information content (AvgIpc) is 2.90. The lowest BCUT2D eigenvalue weighted by Crippen LogP contribution is -2.41. The summed E-state index contributed by atoms with van der Waals surface area (Å²) < 4.78 is 0. The van der Waals surface area contributed by atoms with E-state index in [9.17, 15) is 0 Å². The van der Waals surface area contributed by atoms with Crippen molar-refractivity contribution in [2.45, 2.75) is 31.2 Å². The molecule has 2 atom stereocenters. The van der Waals surface area contributed by atoms with Gasteiger partial charge in [-0.05, 0) is 48.6 Å². The summed E-state index contributed by atoms with van der Waals surface area (Å²) in [5, 5.41) is 0. The number of aryl methyl sites for hydroxylation is 1. The van der Waals surface area contributed by atoms with Gasteiger partial charge in [-0.2, -0.15) is 0 Å². The highest BCUT2D eigenvalue weighted by Crippen LogP contribution is 2.34. The van der Waals surface area contributed by atoms with E-state index in [1.165, 1.54) is 16.8 Å². The molecule has 0 bridgehead atoms. The second-order valence-corrected chi connectivity index (χ2v) is 5.03. The summed E-state index contributed by atoms with van der Waals surface area (Å²) in [6.45, 7) is 0. The van der Waals surface area contributed by atoms with Gasteiger partial charge in [-0.3, -0.25) is 21.2 Å². The Hall–Kier alpha value is -1.78. The van der Waals surface area contributed by atoms with E-state index in [0.717, 1.165) is 19.3 Å². The van der Waals surface area contributed by atoms with E-state index in [2.05, 4.69) is 21.5 Å². The van der Waals surface area contributed by atoms with Crippen LogP contribution in [0.25, 0.3) is 0 Å². The summed E-state index contributed by atoms with van der Waals surface area (Å²) in [6, 6.07) is 8.48. The molecule has 1 aliphatic rings. The molecule has 0 aromatic carbocycles. The van der Waals surface area contributed by atoms with Gasteiger partial charge in [-0.1, -0.05) is 6.07 Å². The fourth-order valence-electron chi connectivity index (χ4n) is 2.93. The molecule has 0 radical (unpaired) electrons. The third-order valence-corrected chi connectivity index (χ3v) is 3.91. The van der Waals surface area contributed by atoms with Crippen molar-refractivity contribution < 1.29 is 0 Å². The molecule has 2 aromatic heterocycles. The van der Waals surface area contributed by atoms with Gasteiger partial charge in [0, 0.05) is 36.2 Å². The van der Waals surface area contributed by atoms with Gasteiger partial charge in [0.15, 0.2) is 0 Å². The van der Waals surface area contributed by atoms with Gasteiger partial charge >= 0.3 is 0 Å². The van der Waals surface area contributed by atoms with E-state index in [1.54, 1.807) is 0 Å². The molecule has 0 aliphatic heterocycles. The minimum atomic E-state index is 0.221. The number of hydrazine groups is 1. The zero-order valence-electron chi connectivity index (χ0n) is 10.8. The molecule has 0 saturated carbocycles. The lowest BCUT2D eigenvalue weighted by Gasteiger charge is -2.23. The molecule has 0 saturated heterocycles. The van der Waals surface area contributed by atoms with Crippen LogP contribution in [-0.2, 0) is 12.8 Å². The van der Waals surface area contributed by atoms with Crippen molar-refractivity contribution in [1.82, 2.24) is 15.4 Å². The molecule has 0 amide bonds. The first-order valence-corrected chi connectivity index (χ1v) is 6.67. The Kier molecular flexibility index (Phi) is 3.53. The largest absolute Gasteiger partial charge is 0.271 e. The van der Waals surface area contributed by atoms with Crippen LogP contribution in [0.5, 0.6) is 0 Å². The van der Waals surface area contributed by atoms with Gasteiger partial charge < -0.3 is 0 Å². The highest BCUT2D eigenvalue weighted by atomic mass is 15.2. The molecule has 2 unspecified atom stereocenters. The van der Waals surface area contributed by atoms with Gasteiger partial charge in [-0.25, -0.2) is 0 Å². The average molecular weight is 254 g/mol. The van der Waals surface area contributed by atoms with Crippen LogP contribution < -0.4 is 11.3 Å². The first-order chi connectivity index (χ1) is 9.38. The summed E-state index contributed by atoms with van der Waals surface area (Å²) in [4.78, 5) is 8.59. The standard InChI is InChI=1S/C15H18N4/c16-19-14(10-11-5-8-17-9-6-11)13-4-3-12-2-1-7-18-15(12)13/h1-2,5-9,13-14,19H,3-4,10,16H2. The number of hydrogen-bond donors (Lipinski definition) is 2. The van der Waals surface area contributed by atoms with Crippen molar-refractivity contribution in [2.24, 2.45) is 5.84 Å². The summed E-state index contributed by atoms with van der Waals surface area (Å²) in [5.74, 6) is 6.16. The number of pyridine rings is 2. The normalized spacial score (nSPS) is 19.1. The molecule has 2 aromatic rings. The van der Waals surface area contributed by atoms with E-state index < -0.39 is 0 Å². The van der Waals surface area contributed by atoms with Gasteiger partial charge in [0.1, 0.15) is 0 Å². The highest BCUT2D eigenvalue weighted by Gasteiger charge is 2.30. The van der Waals surface area contributed by atoms with E-state index >= 15 is 0 Å². The Morgan fingerprint density at radius 2 is 2.11 bits per heavy atom. The minimum Gasteiger partial charge on any atom is -0.271 e. The fourth-order valence-corrected chi connectivity index (χ4v) is 2.93. The van der Waals surface area contributed by atoms with Crippen molar-refractivity contribution in [1.29, 1.82) is 0 Å². The third kappa shape index (κ3) is 2.50. The van der Waals surface area contributed by atoms with E-state index in [-0.39, 0.29) is 6.04 Å². The maximum Gasteiger partial charge on any atom is 0.0482 e. The van der Waals surface area contributed by atoms with Gasteiger partial charge in [-0.15, -0.1) is 0 Å². The number of aromatic nitrogens is 2. The fraction of sp³-hybridized carbons (Fsp3) is 0.333. The lowest BCUT2D eigenvalue weighted by atomic mass is 9.92. The second kappa shape index (κ2) is 5.47. The zero-order valence-corrected chi connectivity index (χ0v) is 10.8. The number of rotatable bonds is 4. The minimum absolute atomic E-state index is 0.221. The molecule has 0 fully saturated rings. The maximum atomic E-state index is 5.76. The van der Waals surface area contributed by atoms with Crippen molar-refractivity contribution in [2.75, 3.05) is 0 Å². The topological polar surface area (TPSA) is 63.8 Å². The predicted molar refractivity (Wildman–Crippen MR) is 74.4 cm³/mol. The van der Waals surface area contributed by atoms with Crippen molar-refractivity contribution in [3.8, 4) is 0 Å². The molecule has 0 spiro atoms. The highest BCUT2D eigenvalue weighted by molar-refractivity contribution is 5.30. The summed E-state index contributed by atoms with van der Waals surface area (Å²) in [5.41, 5.74) is 6.80. The number of fused-ring (bicyclic) bond motifs is 1. The Labute approximate surface area is 113 Å². The number of nitrogens with zero attached hydrogens (tertiary/aromatic N) is 2. The van der Waals surface area contributed by atoms with E-state index in [0.29, 0.717) is 5.92 Å². The van der Waals surface area contributed by atoms with Crippen LogP contribution in [0.2, 0.25) is 0 Å². The molecule has 19 heavy (non-hydrogen) atoms. The molecular formula is C15H18N4. The zero-order chi connectivity index (χ0) is 13.1. The number of nitrogens with two attached hydrogens (primary N) is 1. The molecule has 1 aliphatic carbocycles. The summed E-state index contributed by atoms with van der Waals surface area (Å²) in [7, 11) is 0. The molecule has 2 heterocycles. The quantitative estimate of drug-likeness (QED) is 0.642. The Bertz CT molecular complexity index is 541. The molecular weight excluding hydrogens is 236 g/mol. The SMILES string of the molecule is NNC(Cc1ccncc1)C1CCc2cccnc21. The molecule has 4 heteroatoms. The monoisotopic (exact) mass is 254 g/mol. The third-order valence-electron chi connectivity index (χ3n) is 3.91. The van der Waals surface area contributed by atoms with E-state index in [4.69, 9.17) is 5.84 Å². The molecule has 3 rings (SSSR count). The smallest absolute Gasteiger partial charge is 0.0482 e. The van der Waals surface area contributed by atoms with Crippen LogP contribution in [0.15, 0.2) is 42.9 Å². The van der Waals surface area contributed by atoms with Crippen LogP contribution in [0, 0.1) is 0 Å². The van der Waals surface area contributed by atoms with Crippen molar-refractivity contribution >= 4 is 0 Å². The van der Waals surface area contributed by atoms with Crippen LogP contribution in [-0.4, -0.2) is 16.0 Å². The van der Waals surface area contributed by atoms with Crippen molar-refractivity contribution in [3.05, 3.63) is 59.7 Å². The van der Waals surface area contributed by atoms with Crippen LogP contribution >= 0.6 is 0 Å². The first kappa shape index (κ1) is 12.3. The predicted octanol–water partition coefficient (Wildman–Crippen LogP) is 1.58. The molecule has 98 valence electrons. The number of nitrogens with one attached hydrogen (secondary N) is 1. The van der Waals surface area contributed by atoms with E-state index in [1.807, 2.05) is 36.8 Å². The maximum absolute atomic E-state index is 5.76. The van der Waals surface area contributed by atoms with Gasteiger partial charge in [0.05, 0.1) is 0 Å². The Morgan fingerprint density at radius 1 is 1.26 bits per heavy atom. The summed E-state index contributed by atoms with van der Waals surface area (Å²) in [6.07, 6.45) is 8.64. The van der Waals surface area contributed by atoms with Crippen LogP contribution in [0.4, 0.5) is 0 Å². The van der Waals surface area contributed by atoms with Crippen molar-refractivity contribution in [3.63, 3.8) is 0 Å². The first-order valence-electron chi connectivity index (χ1n) is 6.67.